The number of hydrogen-bond donors (Lipinski definition) is 3. The summed E-state index contributed by atoms with van der Waals surface area (Å²) in [5.74, 6) is -1.31. The Labute approximate surface area is 567 Å². The van der Waals surface area contributed by atoms with Crippen LogP contribution in [0.1, 0.15) is 362 Å². The van der Waals surface area contributed by atoms with E-state index in [0.29, 0.717) is 25.7 Å². The first-order chi connectivity index (χ1) is 45.1. The van der Waals surface area contributed by atoms with Gasteiger partial charge in [-0.15, -0.1) is 0 Å². The summed E-state index contributed by atoms with van der Waals surface area (Å²) in [6.45, 7) is 7.18. The summed E-state index contributed by atoms with van der Waals surface area (Å²) < 4.78 is 68.2. The van der Waals surface area contributed by atoms with Gasteiger partial charge in [0.1, 0.15) is 19.3 Å². The summed E-state index contributed by atoms with van der Waals surface area (Å²) in [6, 6.07) is 0. The first-order valence-corrected chi connectivity index (χ1v) is 41.0. The molecular weight excluding hydrogens is 1220 g/mol. The molecule has 0 saturated heterocycles. The highest BCUT2D eigenvalue weighted by Gasteiger charge is 2.30. The molecular formula is C74H140O17P2. The number of unbranched alkanes of at least 4 members (excludes halogenated alkanes) is 40. The third-order valence-corrected chi connectivity index (χ3v) is 18.9. The monoisotopic (exact) mass is 1360 g/mol. The van der Waals surface area contributed by atoms with Crippen LogP contribution in [0.25, 0.3) is 0 Å². The highest BCUT2D eigenvalue weighted by molar-refractivity contribution is 7.47. The molecule has 0 bridgehead atoms. The minimum Gasteiger partial charge on any atom is -0.462 e. The maximum Gasteiger partial charge on any atom is 0.472 e. The van der Waals surface area contributed by atoms with Gasteiger partial charge in [0.25, 0.3) is 0 Å². The molecule has 0 heterocycles. The van der Waals surface area contributed by atoms with E-state index in [9.17, 15) is 43.2 Å². The summed E-state index contributed by atoms with van der Waals surface area (Å²) in [6.07, 6.45) is 58.0. The van der Waals surface area contributed by atoms with E-state index in [0.717, 1.165) is 121 Å². The van der Waals surface area contributed by atoms with Crippen molar-refractivity contribution in [3.8, 4) is 0 Å². The lowest BCUT2D eigenvalue weighted by Crippen LogP contribution is -2.30. The quantitative estimate of drug-likeness (QED) is 0.0169. The van der Waals surface area contributed by atoms with Crippen molar-refractivity contribution in [1.29, 1.82) is 0 Å². The Kier molecular flexibility index (Phi) is 65.0. The SMILES string of the molecule is CCCCCC/C=C\C=C/CCCCCCCC(=O)OC[C@H](COP(=O)(O)OC[C@@H](O)COP(=O)(O)OC[C@@H](COC(=O)CCCCCCC)OC(=O)CCCCCCCCCCCCCCCCC)OC(=O)CCCCCCCCCCCCCCCCC(C)CC. The zero-order valence-corrected chi connectivity index (χ0v) is 61.7. The third kappa shape index (κ3) is 66.6. The lowest BCUT2D eigenvalue weighted by Gasteiger charge is -2.21. The maximum absolute atomic E-state index is 13.0. The van der Waals surface area contributed by atoms with Crippen molar-refractivity contribution in [2.75, 3.05) is 39.6 Å². The van der Waals surface area contributed by atoms with Gasteiger partial charge in [-0.3, -0.25) is 37.3 Å². The molecule has 548 valence electrons. The molecule has 0 aromatic heterocycles. The van der Waals surface area contributed by atoms with Gasteiger partial charge in [0.05, 0.1) is 26.4 Å². The van der Waals surface area contributed by atoms with Gasteiger partial charge in [-0.25, -0.2) is 9.13 Å². The largest absolute Gasteiger partial charge is 0.472 e. The van der Waals surface area contributed by atoms with Crippen LogP contribution in [0.5, 0.6) is 0 Å². The molecule has 0 aromatic carbocycles. The number of carbonyl (C=O) groups is 4. The molecule has 0 spiro atoms. The molecule has 93 heavy (non-hydrogen) atoms. The number of allylic oxidation sites excluding steroid dienone is 4. The van der Waals surface area contributed by atoms with Gasteiger partial charge in [0, 0.05) is 25.7 Å². The topological polar surface area (TPSA) is 237 Å². The minimum absolute atomic E-state index is 0.101. The van der Waals surface area contributed by atoms with Gasteiger partial charge in [-0.05, 0) is 57.3 Å². The number of rotatable bonds is 72. The van der Waals surface area contributed by atoms with Gasteiger partial charge >= 0.3 is 39.5 Å². The van der Waals surface area contributed by atoms with Gasteiger partial charge in [-0.2, -0.15) is 0 Å². The second-order valence-electron chi connectivity index (χ2n) is 26.2. The summed E-state index contributed by atoms with van der Waals surface area (Å²) >= 11 is 0. The normalized spacial score (nSPS) is 14.5. The molecule has 3 unspecified atom stereocenters. The van der Waals surface area contributed by atoms with Crippen LogP contribution in [0.3, 0.4) is 0 Å². The number of aliphatic hydroxyl groups is 1. The molecule has 6 atom stereocenters. The molecule has 19 heteroatoms. The van der Waals surface area contributed by atoms with Crippen LogP contribution >= 0.6 is 15.6 Å². The van der Waals surface area contributed by atoms with Gasteiger partial charge in [0.15, 0.2) is 12.2 Å². The van der Waals surface area contributed by atoms with E-state index < -0.39 is 97.5 Å². The molecule has 0 aliphatic heterocycles. The Hall–Kier alpha value is -2.46. The van der Waals surface area contributed by atoms with Crippen molar-refractivity contribution in [2.45, 2.75) is 380 Å². The van der Waals surface area contributed by atoms with Crippen molar-refractivity contribution in [1.82, 2.24) is 0 Å². The highest BCUT2D eigenvalue weighted by atomic mass is 31.2. The van der Waals surface area contributed by atoms with Gasteiger partial charge in [0.2, 0.25) is 0 Å². The van der Waals surface area contributed by atoms with Crippen molar-refractivity contribution in [2.24, 2.45) is 5.92 Å². The molecule has 0 saturated carbocycles. The molecule has 0 aliphatic rings. The van der Waals surface area contributed by atoms with E-state index in [4.69, 9.17) is 37.0 Å². The highest BCUT2D eigenvalue weighted by Crippen LogP contribution is 2.45. The van der Waals surface area contributed by atoms with E-state index in [1.54, 1.807) is 0 Å². The van der Waals surface area contributed by atoms with Crippen LogP contribution in [0.2, 0.25) is 0 Å². The molecule has 0 aromatic rings. The van der Waals surface area contributed by atoms with Crippen molar-refractivity contribution < 1.29 is 80.2 Å². The number of carbonyl (C=O) groups excluding carboxylic acids is 4. The molecule has 0 fully saturated rings. The Balaban J connectivity index is 5.18. The van der Waals surface area contributed by atoms with E-state index in [2.05, 4.69) is 58.9 Å². The van der Waals surface area contributed by atoms with E-state index in [1.807, 2.05) is 0 Å². The zero-order valence-electron chi connectivity index (χ0n) is 59.9. The number of phosphoric acid groups is 2. The van der Waals surface area contributed by atoms with E-state index >= 15 is 0 Å². The van der Waals surface area contributed by atoms with Gasteiger partial charge in [-0.1, -0.05) is 309 Å². The fraction of sp³-hybridized carbons (Fsp3) is 0.892. The smallest absolute Gasteiger partial charge is 0.462 e. The molecule has 0 amide bonds. The number of aliphatic hydroxyl groups excluding tert-OH is 1. The Morgan fingerprint density at radius 1 is 0.344 bits per heavy atom. The van der Waals surface area contributed by atoms with Crippen LogP contribution in [0.4, 0.5) is 0 Å². The number of hydrogen-bond acceptors (Lipinski definition) is 15. The predicted molar refractivity (Wildman–Crippen MR) is 377 cm³/mol. The number of ether oxygens (including phenoxy) is 4. The fourth-order valence-corrected chi connectivity index (χ4v) is 12.4. The zero-order chi connectivity index (χ0) is 68.4. The fourth-order valence-electron chi connectivity index (χ4n) is 10.8. The number of phosphoric ester groups is 2. The molecule has 0 radical (unpaired) electrons. The first kappa shape index (κ1) is 90.5. The van der Waals surface area contributed by atoms with Crippen LogP contribution in [-0.4, -0.2) is 96.7 Å². The van der Waals surface area contributed by atoms with Crippen molar-refractivity contribution >= 4 is 39.5 Å². The Morgan fingerprint density at radius 3 is 0.914 bits per heavy atom. The molecule has 0 aliphatic carbocycles. The van der Waals surface area contributed by atoms with Crippen LogP contribution in [0.15, 0.2) is 24.3 Å². The minimum atomic E-state index is -4.96. The molecule has 0 rings (SSSR count). The second-order valence-corrected chi connectivity index (χ2v) is 29.1. The lowest BCUT2D eigenvalue weighted by molar-refractivity contribution is -0.161. The Bertz CT molecular complexity index is 1880. The van der Waals surface area contributed by atoms with E-state index in [-0.39, 0.29) is 25.7 Å². The average Bonchev–Trinajstić information content (AvgIpc) is 3.31. The lowest BCUT2D eigenvalue weighted by atomic mass is 9.99. The summed E-state index contributed by atoms with van der Waals surface area (Å²) in [7, 11) is -9.91. The average molecular weight is 1360 g/mol. The van der Waals surface area contributed by atoms with E-state index in [1.165, 1.54) is 161 Å². The van der Waals surface area contributed by atoms with Crippen LogP contribution in [-0.2, 0) is 65.4 Å². The second kappa shape index (κ2) is 66.8. The summed E-state index contributed by atoms with van der Waals surface area (Å²) in [5.41, 5.74) is 0. The standard InChI is InChI=1S/C74H140O17P2/c1-6-10-13-16-18-20-22-24-26-31-35-39-43-48-53-58-72(77)85-64-70(91-74(79)60-55-50-45-41-37-33-29-28-30-34-38-42-47-51-56-67(5)9-4)66-89-93(82,83)87-62-68(75)61-86-92(80,81)88-65-69(63-84-71(76)57-52-46-15-12-8-3)90-73(78)59-54-49-44-40-36-32-27-25-23-21-19-17-14-11-7-2/h20,22,24,26,67-70,75H,6-19,21,23,25,27-66H2,1-5H3,(H,80,81)(H,82,83)/b22-20-,26-24-/t67?,68-,69+,70+/m0/s1. The van der Waals surface area contributed by atoms with Crippen molar-refractivity contribution in [3.63, 3.8) is 0 Å². The summed E-state index contributed by atoms with van der Waals surface area (Å²) in [4.78, 5) is 72.4. The Morgan fingerprint density at radius 2 is 0.602 bits per heavy atom. The molecule has 3 N–H and O–H groups in total. The number of esters is 4. The first-order valence-electron chi connectivity index (χ1n) is 38.0. The van der Waals surface area contributed by atoms with Crippen LogP contribution < -0.4 is 0 Å². The third-order valence-electron chi connectivity index (χ3n) is 17.0. The maximum atomic E-state index is 13.0. The van der Waals surface area contributed by atoms with Crippen LogP contribution in [0, 0.1) is 5.92 Å². The van der Waals surface area contributed by atoms with Gasteiger partial charge < -0.3 is 33.8 Å². The van der Waals surface area contributed by atoms with Crippen molar-refractivity contribution in [3.05, 3.63) is 24.3 Å². The predicted octanol–water partition coefficient (Wildman–Crippen LogP) is 21.2. The summed E-state index contributed by atoms with van der Waals surface area (Å²) in [5, 5.41) is 10.6. The molecule has 17 nitrogen and oxygen atoms in total.